The molecule has 0 spiro atoms. The Bertz CT molecular complexity index is 1390. The van der Waals surface area contributed by atoms with Gasteiger partial charge in [0.25, 0.3) is 5.91 Å². The Kier molecular flexibility index (Phi) is 7.39. The topological polar surface area (TPSA) is 67.9 Å². The van der Waals surface area contributed by atoms with Gasteiger partial charge in [-0.15, -0.1) is 11.8 Å². The number of nitrogens with one attached hydrogen (secondary N) is 1. The van der Waals surface area contributed by atoms with Crippen molar-refractivity contribution in [3.63, 3.8) is 0 Å². The number of hydrogen-bond acceptors (Lipinski definition) is 6. The van der Waals surface area contributed by atoms with Crippen LogP contribution in [0.5, 0.6) is 11.5 Å². The number of methoxy groups -OCH3 is 2. The molecule has 6 nitrogen and oxygen atoms in total. The smallest absolute Gasteiger partial charge is 0.263 e. The summed E-state index contributed by atoms with van der Waals surface area (Å²) in [6.45, 7) is 0. The van der Waals surface area contributed by atoms with Gasteiger partial charge in [-0.25, -0.2) is 0 Å². The van der Waals surface area contributed by atoms with Crippen LogP contribution in [0.4, 0.5) is 17.1 Å². The van der Waals surface area contributed by atoms with E-state index >= 15 is 0 Å². The first-order chi connectivity index (χ1) is 18.1. The van der Waals surface area contributed by atoms with Crippen molar-refractivity contribution in [1.29, 1.82) is 0 Å². The number of benzene rings is 4. The molecule has 0 unspecified atom stereocenters. The van der Waals surface area contributed by atoms with Crippen LogP contribution in [0.2, 0.25) is 0 Å². The lowest BCUT2D eigenvalue weighted by Gasteiger charge is -2.31. The summed E-state index contributed by atoms with van der Waals surface area (Å²) in [4.78, 5) is 31.2. The second-order valence-electron chi connectivity index (χ2n) is 8.07. The van der Waals surface area contributed by atoms with E-state index in [1.54, 1.807) is 30.0 Å². The molecule has 0 saturated carbocycles. The number of nitrogens with zero attached hydrogens (tertiary/aromatic N) is 1. The van der Waals surface area contributed by atoms with Crippen molar-refractivity contribution in [2.24, 2.45) is 0 Å². The summed E-state index contributed by atoms with van der Waals surface area (Å²) in [6.07, 6.45) is 0. The van der Waals surface area contributed by atoms with Gasteiger partial charge in [-0.2, -0.15) is 0 Å². The van der Waals surface area contributed by atoms with Gasteiger partial charge in [-0.3, -0.25) is 14.5 Å². The van der Waals surface area contributed by atoms with E-state index in [4.69, 9.17) is 9.47 Å². The summed E-state index contributed by atoms with van der Waals surface area (Å²) >= 11 is 3.13. The minimum absolute atomic E-state index is 0.00541. The SMILES string of the molecule is COc1cccc(OC)c1C(=O)Nc1ccc(SCC(=O)N2c3ccccc3Sc3ccccc32)cc1. The zero-order valence-corrected chi connectivity index (χ0v) is 21.9. The molecule has 0 radical (unpaired) electrons. The maximum absolute atomic E-state index is 13.4. The molecule has 0 aromatic heterocycles. The fraction of sp³-hybridized carbons (Fsp3) is 0.103. The first-order valence-corrected chi connectivity index (χ1v) is 13.3. The number of rotatable bonds is 7. The van der Waals surface area contributed by atoms with Crippen LogP contribution >= 0.6 is 23.5 Å². The fourth-order valence-corrected chi connectivity index (χ4v) is 5.89. The van der Waals surface area contributed by atoms with Crippen molar-refractivity contribution in [3.8, 4) is 11.5 Å². The number of para-hydroxylation sites is 2. The molecule has 0 aliphatic carbocycles. The zero-order chi connectivity index (χ0) is 25.8. The molecule has 4 aromatic carbocycles. The molecule has 0 fully saturated rings. The van der Waals surface area contributed by atoms with Crippen molar-refractivity contribution in [1.82, 2.24) is 0 Å². The fourth-order valence-electron chi connectivity index (χ4n) is 4.09. The Morgan fingerprint density at radius 3 is 1.92 bits per heavy atom. The average molecular weight is 529 g/mol. The second kappa shape index (κ2) is 11.0. The van der Waals surface area contributed by atoms with E-state index in [0.717, 1.165) is 26.1 Å². The van der Waals surface area contributed by atoms with Crippen LogP contribution in [0.15, 0.2) is 106 Å². The summed E-state index contributed by atoms with van der Waals surface area (Å²) in [5.41, 5.74) is 2.77. The number of fused-ring (bicyclic) bond motifs is 2. The Hall–Kier alpha value is -3.88. The van der Waals surface area contributed by atoms with E-state index < -0.39 is 0 Å². The van der Waals surface area contributed by atoms with Crippen LogP contribution in [0.25, 0.3) is 0 Å². The quantitative estimate of drug-likeness (QED) is 0.264. The molecule has 0 saturated heterocycles. The molecule has 1 heterocycles. The molecule has 8 heteroatoms. The van der Waals surface area contributed by atoms with E-state index in [-0.39, 0.29) is 17.6 Å². The van der Waals surface area contributed by atoms with Gasteiger partial charge in [0.2, 0.25) is 5.91 Å². The first-order valence-electron chi connectivity index (χ1n) is 11.5. The predicted octanol–water partition coefficient (Wildman–Crippen LogP) is 6.88. The number of amides is 2. The summed E-state index contributed by atoms with van der Waals surface area (Å²) < 4.78 is 10.7. The minimum atomic E-state index is -0.329. The van der Waals surface area contributed by atoms with E-state index in [1.165, 1.54) is 26.0 Å². The van der Waals surface area contributed by atoms with Gasteiger partial charge >= 0.3 is 0 Å². The largest absolute Gasteiger partial charge is 0.496 e. The van der Waals surface area contributed by atoms with Gasteiger partial charge in [-0.05, 0) is 60.7 Å². The average Bonchev–Trinajstić information content (AvgIpc) is 2.94. The van der Waals surface area contributed by atoms with Gasteiger partial charge in [0.15, 0.2) is 0 Å². The number of thioether (sulfide) groups is 1. The van der Waals surface area contributed by atoms with Crippen molar-refractivity contribution in [2.75, 3.05) is 30.2 Å². The maximum Gasteiger partial charge on any atom is 0.263 e. The molecule has 2 amide bonds. The molecule has 1 aliphatic heterocycles. The van der Waals surface area contributed by atoms with Gasteiger partial charge in [0.05, 0.1) is 31.3 Å². The third kappa shape index (κ3) is 5.16. The Morgan fingerprint density at radius 1 is 0.784 bits per heavy atom. The van der Waals surface area contributed by atoms with Crippen molar-refractivity contribution >= 4 is 52.4 Å². The van der Waals surface area contributed by atoms with E-state index in [9.17, 15) is 9.59 Å². The van der Waals surface area contributed by atoms with Crippen LogP contribution in [0.1, 0.15) is 10.4 Å². The third-order valence-corrected chi connectivity index (χ3v) is 7.94. The first kappa shape index (κ1) is 24.8. The van der Waals surface area contributed by atoms with Crippen LogP contribution in [-0.4, -0.2) is 31.8 Å². The van der Waals surface area contributed by atoms with Gasteiger partial charge in [0.1, 0.15) is 17.1 Å². The van der Waals surface area contributed by atoms with Gasteiger partial charge in [0, 0.05) is 20.4 Å². The zero-order valence-electron chi connectivity index (χ0n) is 20.3. The summed E-state index contributed by atoms with van der Waals surface area (Å²) in [6, 6.07) is 28.5. The molecule has 4 aromatic rings. The lowest BCUT2D eigenvalue weighted by molar-refractivity contribution is -0.115. The molecular weight excluding hydrogens is 504 g/mol. The van der Waals surface area contributed by atoms with Crippen molar-refractivity contribution < 1.29 is 19.1 Å². The second-order valence-corrected chi connectivity index (χ2v) is 10.2. The lowest BCUT2D eigenvalue weighted by atomic mass is 10.1. The van der Waals surface area contributed by atoms with E-state index in [1.807, 2.05) is 77.7 Å². The van der Waals surface area contributed by atoms with Crippen LogP contribution in [0, 0.1) is 0 Å². The van der Waals surface area contributed by atoms with Crippen LogP contribution in [-0.2, 0) is 4.79 Å². The van der Waals surface area contributed by atoms with Gasteiger partial charge < -0.3 is 14.8 Å². The third-order valence-electron chi connectivity index (χ3n) is 5.81. The Labute approximate surface area is 224 Å². The Morgan fingerprint density at radius 2 is 1.35 bits per heavy atom. The standard InChI is InChI=1S/C29H24N2O4S2/c1-34-23-10-7-11-24(35-2)28(23)29(33)30-19-14-16-20(17-15-19)36-18-27(32)31-21-8-3-5-12-25(21)37-26-13-6-4-9-22(26)31/h3-17H,18H2,1-2H3,(H,30,33). The molecule has 37 heavy (non-hydrogen) atoms. The highest BCUT2D eigenvalue weighted by molar-refractivity contribution is 8.00. The van der Waals surface area contributed by atoms with Crippen LogP contribution in [0.3, 0.4) is 0 Å². The highest BCUT2D eigenvalue weighted by atomic mass is 32.2. The highest BCUT2D eigenvalue weighted by Crippen LogP contribution is 2.48. The predicted molar refractivity (Wildman–Crippen MR) is 149 cm³/mol. The summed E-state index contributed by atoms with van der Waals surface area (Å²) in [5.74, 6) is 0.817. The van der Waals surface area contributed by atoms with Crippen LogP contribution < -0.4 is 19.7 Å². The number of carbonyl (C=O) groups excluding carboxylic acids is 2. The normalized spacial score (nSPS) is 11.8. The summed E-state index contributed by atoms with van der Waals surface area (Å²) in [7, 11) is 3.03. The monoisotopic (exact) mass is 528 g/mol. The lowest BCUT2D eigenvalue weighted by Crippen LogP contribution is -2.29. The van der Waals surface area contributed by atoms with Crippen molar-refractivity contribution in [3.05, 3.63) is 96.6 Å². The van der Waals surface area contributed by atoms with E-state index in [0.29, 0.717) is 22.7 Å². The van der Waals surface area contributed by atoms with E-state index in [2.05, 4.69) is 5.32 Å². The molecule has 0 atom stereocenters. The number of anilines is 3. The van der Waals surface area contributed by atoms with Gasteiger partial charge in [-0.1, -0.05) is 42.1 Å². The molecule has 1 aliphatic rings. The Balaban J connectivity index is 1.27. The summed E-state index contributed by atoms with van der Waals surface area (Å²) in [5, 5.41) is 2.89. The molecule has 0 bridgehead atoms. The molecular formula is C29H24N2O4S2. The van der Waals surface area contributed by atoms with Crippen molar-refractivity contribution in [2.45, 2.75) is 14.7 Å². The molecule has 1 N–H and O–H groups in total. The minimum Gasteiger partial charge on any atom is -0.496 e. The number of carbonyl (C=O) groups is 2. The number of ether oxygens (including phenoxy) is 2. The molecule has 186 valence electrons. The highest BCUT2D eigenvalue weighted by Gasteiger charge is 2.27. The molecule has 5 rings (SSSR count). The number of hydrogen-bond donors (Lipinski definition) is 1. The maximum atomic E-state index is 13.4.